The smallest absolute Gasteiger partial charge is 0.338 e. The summed E-state index contributed by atoms with van der Waals surface area (Å²) in [5, 5.41) is 18.6. The first-order valence-electron chi connectivity index (χ1n) is 6.64. The maximum absolute atomic E-state index is 11.8. The van der Waals surface area contributed by atoms with Crippen molar-refractivity contribution in [2.75, 3.05) is 0 Å². The summed E-state index contributed by atoms with van der Waals surface area (Å²) in [5.41, 5.74) is 3.98. The van der Waals surface area contributed by atoms with E-state index in [4.69, 9.17) is 0 Å². The highest BCUT2D eigenvalue weighted by atomic mass is 16.4. The third-order valence-electron chi connectivity index (χ3n) is 3.53. The lowest BCUT2D eigenvalue weighted by Gasteiger charge is -2.10. The molecular weight excluding hydrogens is 264 g/mol. The minimum Gasteiger partial charge on any atom is -0.478 e. The normalized spacial score (nSPS) is 10.8. The Bertz CT molecular complexity index is 857. The van der Waals surface area contributed by atoms with Gasteiger partial charge in [0, 0.05) is 10.9 Å². The average molecular weight is 278 g/mol. The minimum atomic E-state index is -0.987. The first-order chi connectivity index (χ1) is 10.1. The lowest BCUT2D eigenvalue weighted by molar-refractivity contribution is 0.0699. The van der Waals surface area contributed by atoms with Crippen LogP contribution in [0.2, 0.25) is 0 Å². The lowest BCUT2D eigenvalue weighted by Crippen LogP contribution is -2.05. The molecule has 0 radical (unpaired) electrons. The molecule has 0 saturated carbocycles. The van der Waals surface area contributed by atoms with Crippen molar-refractivity contribution >= 4 is 16.9 Å². The second kappa shape index (κ2) is 4.98. The molecule has 0 atom stereocenters. The van der Waals surface area contributed by atoms with Crippen molar-refractivity contribution in [2.45, 2.75) is 13.8 Å². The molecule has 1 N–H and O–H groups in total. The molecule has 0 amide bonds. The Hall–Kier alpha value is -2.75. The molecule has 0 aliphatic heterocycles. The molecule has 0 bridgehead atoms. The van der Waals surface area contributed by atoms with Gasteiger partial charge < -0.3 is 5.11 Å². The van der Waals surface area contributed by atoms with Gasteiger partial charge in [-0.15, -0.1) is 10.2 Å². The third-order valence-corrected chi connectivity index (χ3v) is 3.53. The quantitative estimate of drug-likeness (QED) is 0.777. The van der Waals surface area contributed by atoms with Crippen LogP contribution in [-0.4, -0.2) is 21.3 Å². The number of nitrogens with zero attached hydrogens (tertiary/aromatic N) is 2. The number of aromatic carboxylic acids is 1. The fourth-order valence-corrected chi connectivity index (χ4v) is 2.46. The van der Waals surface area contributed by atoms with Crippen LogP contribution in [0.25, 0.3) is 22.2 Å². The number of benzene rings is 2. The molecule has 1 aromatic heterocycles. The molecule has 0 unspecified atom stereocenters. The molecule has 4 nitrogen and oxygen atoms in total. The number of carbonyl (C=O) groups is 1. The van der Waals surface area contributed by atoms with E-state index in [2.05, 4.69) is 10.2 Å². The summed E-state index contributed by atoms with van der Waals surface area (Å²) in [6.07, 6.45) is 0. The van der Waals surface area contributed by atoms with Crippen LogP contribution in [-0.2, 0) is 0 Å². The summed E-state index contributed by atoms with van der Waals surface area (Å²) in [6.45, 7) is 3.86. The maximum atomic E-state index is 11.8. The van der Waals surface area contributed by atoms with Crippen molar-refractivity contribution < 1.29 is 9.90 Å². The standard InChI is InChI=1S/C17H14N2O2/c1-10-7-8-14-13(9-10)15(17(20)21)16(19-18-14)12-6-4-3-5-11(12)2/h3-9H,1-2H3,(H,20,21). The third kappa shape index (κ3) is 2.25. The number of carboxylic acids is 1. The lowest BCUT2D eigenvalue weighted by atomic mass is 9.98. The van der Waals surface area contributed by atoms with Gasteiger partial charge in [0.1, 0.15) is 5.69 Å². The number of aryl methyl sites for hydroxylation is 2. The number of aromatic nitrogens is 2. The summed E-state index contributed by atoms with van der Waals surface area (Å²) in [6, 6.07) is 13.1. The van der Waals surface area contributed by atoms with Crippen molar-refractivity contribution in [3.8, 4) is 11.3 Å². The topological polar surface area (TPSA) is 63.1 Å². The number of fused-ring (bicyclic) bond motifs is 1. The van der Waals surface area contributed by atoms with E-state index in [9.17, 15) is 9.90 Å². The monoisotopic (exact) mass is 278 g/mol. The summed E-state index contributed by atoms with van der Waals surface area (Å²) >= 11 is 0. The van der Waals surface area contributed by atoms with Crippen LogP contribution in [0.3, 0.4) is 0 Å². The molecule has 104 valence electrons. The molecule has 0 aliphatic carbocycles. The van der Waals surface area contributed by atoms with E-state index >= 15 is 0 Å². The summed E-state index contributed by atoms with van der Waals surface area (Å²) < 4.78 is 0. The van der Waals surface area contributed by atoms with Crippen LogP contribution in [0.4, 0.5) is 0 Å². The molecule has 0 aliphatic rings. The van der Waals surface area contributed by atoms with Crippen molar-refractivity contribution in [1.82, 2.24) is 10.2 Å². The van der Waals surface area contributed by atoms with Crippen LogP contribution in [0, 0.1) is 13.8 Å². The Morgan fingerprint density at radius 1 is 1.05 bits per heavy atom. The second-order valence-corrected chi connectivity index (χ2v) is 5.06. The Morgan fingerprint density at radius 3 is 2.52 bits per heavy atom. The minimum absolute atomic E-state index is 0.206. The van der Waals surface area contributed by atoms with E-state index in [1.807, 2.05) is 50.2 Å². The van der Waals surface area contributed by atoms with Crippen molar-refractivity contribution in [2.24, 2.45) is 0 Å². The molecule has 2 aromatic carbocycles. The van der Waals surface area contributed by atoms with Gasteiger partial charge in [0.2, 0.25) is 0 Å². The second-order valence-electron chi connectivity index (χ2n) is 5.06. The molecule has 0 fully saturated rings. The Labute approximate surface area is 122 Å². The Kier molecular flexibility index (Phi) is 3.14. The summed E-state index contributed by atoms with van der Waals surface area (Å²) in [5.74, 6) is -0.987. The van der Waals surface area contributed by atoms with Gasteiger partial charge in [-0.2, -0.15) is 0 Å². The van der Waals surface area contributed by atoms with Crippen molar-refractivity contribution in [3.05, 3.63) is 59.2 Å². The molecule has 4 heteroatoms. The molecule has 0 saturated heterocycles. The fraction of sp³-hybridized carbons (Fsp3) is 0.118. The molecule has 3 aromatic rings. The van der Waals surface area contributed by atoms with Gasteiger partial charge in [-0.1, -0.05) is 35.9 Å². The summed E-state index contributed by atoms with van der Waals surface area (Å²) in [4.78, 5) is 11.8. The predicted molar refractivity (Wildman–Crippen MR) is 81.4 cm³/mol. The average Bonchev–Trinajstić information content (AvgIpc) is 2.46. The first-order valence-corrected chi connectivity index (χ1v) is 6.64. The van der Waals surface area contributed by atoms with E-state index in [1.165, 1.54) is 0 Å². The zero-order valence-corrected chi connectivity index (χ0v) is 11.8. The van der Waals surface area contributed by atoms with Gasteiger partial charge in [0.15, 0.2) is 0 Å². The zero-order valence-electron chi connectivity index (χ0n) is 11.8. The van der Waals surface area contributed by atoms with Gasteiger partial charge in [-0.3, -0.25) is 0 Å². The van der Waals surface area contributed by atoms with E-state index in [0.29, 0.717) is 16.6 Å². The number of hydrogen-bond acceptors (Lipinski definition) is 3. The van der Waals surface area contributed by atoms with E-state index in [-0.39, 0.29) is 5.56 Å². The van der Waals surface area contributed by atoms with Crippen LogP contribution in [0.1, 0.15) is 21.5 Å². The predicted octanol–water partition coefficient (Wildman–Crippen LogP) is 3.61. The highest BCUT2D eigenvalue weighted by molar-refractivity contribution is 6.07. The molecule has 21 heavy (non-hydrogen) atoms. The van der Waals surface area contributed by atoms with Crippen molar-refractivity contribution in [3.63, 3.8) is 0 Å². The number of hydrogen-bond donors (Lipinski definition) is 1. The van der Waals surface area contributed by atoms with Crippen LogP contribution in [0.5, 0.6) is 0 Å². The van der Waals surface area contributed by atoms with Gasteiger partial charge >= 0.3 is 5.97 Å². The van der Waals surface area contributed by atoms with Gasteiger partial charge in [0.25, 0.3) is 0 Å². The Morgan fingerprint density at radius 2 is 1.81 bits per heavy atom. The highest BCUT2D eigenvalue weighted by Crippen LogP contribution is 2.29. The van der Waals surface area contributed by atoms with Crippen LogP contribution >= 0.6 is 0 Å². The van der Waals surface area contributed by atoms with Crippen molar-refractivity contribution in [1.29, 1.82) is 0 Å². The molecule has 3 rings (SSSR count). The zero-order chi connectivity index (χ0) is 15.0. The van der Waals surface area contributed by atoms with Crippen LogP contribution in [0.15, 0.2) is 42.5 Å². The van der Waals surface area contributed by atoms with E-state index in [0.717, 1.165) is 16.7 Å². The highest BCUT2D eigenvalue weighted by Gasteiger charge is 2.19. The Balaban J connectivity index is 2.41. The van der Waals surface area contributed by atoms with E-state index < -0.39 is 5.97 Å². The fourth-order valence-electron chi connectivity index (χ4n) is 2.46. The first kappa shape index (κ1) is 13.2. The van der Waals surface area contributed by atoms with Gasteiger partial charge in [-0.05, 0) is 31.5 Å². The largest absolute Gasteiger partial charge is 0.478 e. The van der Waals surface area contributed by atoms with E-state index in [1.54, 1.807) is 6.07 Å². The SMILES string of the molecule is Cc1ccc2nnc(-c3ccccc3C)c(C(=O)O)c2c1. The maximum Gasteiger partial charge on any atom is 0.338 e. The van der Waals surface area contributed by atoms with Gasteiger partial charge in [0.05, 0.1) is 11.1 Å². The molecular formula is C17H14N2O2. The van der Waals surface area contributed by atoms with Gasteiger partial charge in [-0.25, -0.2) is 4.79 Å². The summed E-state index contributed by atoms with van der Waals surface area (Å²) in [7, 11) is 0. The molecule has 1 heterocycles. The number of carboxylic acid groups (broad SMARTS) is 1. The van der Waals surface area contributed by atoms with Crippen LogP contribution < -0.4 is 0 Å². The molecule has 0 spiro atoms. The number of rotatable bonds is 2.